The number of rotatable bonds is 3. The summed E-state index contributed by atoms with van der Waals surface area (Å²) in [5.41, 5.74) is 5.85. The van der Waals surface area contributed by atoms with Crippen molar-refractivity contribution >= 4 is 43.1 Å². The minimum Gasteiger partial charge on any atom is -0.219 e. The number of hydrogen-bond acceptors (Lipinski definition) is 3. The summed E-state index contributed by atoms with van der Waals surface area (Å²) in [7, 11) is 0. The molecule has 0 N–H and O–H groups in total. The Balaban J connectivity index is 1.51. The minimum absolute atomic E-state index is 0.701. The van der Waals surface area contributed by atoms with E-state index in [1.54, 1.807) is 0 Å². The Labute approximate surface area is 244 Å². The van der Waals surface area contributed by atoms with Gasteiger partial charge in [-0.1, -0.05) is 109 Å². The van der Waals surface area contributed by atoms with E-state index in [2.05, 4.69) is 132 Å². The van der Waals surface area contributed by atoms with Gasteiger partial charge in [-0.05, 0) is 97.4 Å². The largest absolute Gasteiger partial charge is 0.219 e. The van der Waals surface area contributed by atoms with Crippen molar-refractivity contribution in [2.24, 2.45) is 0 Å². The lowest BCUT2D eigenvalue weighted by Gasteiger charge is -2.19. The molecule has 0 spiro atoms. The molecule has 0 fully saturated rings. The van der Waals surface area contributed by atoms with Crippen LogP contribution in [-0.4, -0.2) is 15.0 Å². The summed E-state index contributed by atoms with van der Waals surface area (Å²) in [5.74, 6) is 2.15. The molecule has 3 heteroatoms. The maximum absolute atomic E-state index is 4.71. The molecular formula is C39H27N3. The number of benzene rings is 7. The molecule has 8 aromatic rings. The molecule has 42 heavy (non-hydrogen) atoms. The lowest BCUT2D eigenvalue weighted by Crippen LogP contribution is -1.99. The highest BCUT2D eigenvalue weighted by atomic mass is 15.0. The van der Waals surface area contributed by atoms with E-state index in [0.29, 0.717) is 5.82 Å². The Hall–Kier alpha value is -5.41. The summed E-state index contributed by atoms with van der Waals surface area (Å²) in [5, 5.41) is 9.79. The third-order valence-corrected chi connectivity index (χ3v) is 8.22. The Kier molecular flexibility index (Phi) is 5.58. The van der Waals surface area contributed by atoms with Crippen molar-refractivity contribution in [3.8, 4) is 33.6 Å². The van der Waals surface area contributed by atoms with Gasteiger partial charge in [-0.2, -0.15) is 0 Å². The summed E-state index contributed by atoms with van der Waals surface area (Å²) in [6.45, 7) is 3.84. The van der Waals surface area contributed by atoms with Crippen LogP contribution in [0.15, 0.2) is 127 Å². The molecule has 0 aliphatic carbocycles. The van der Waals surface area contributed by atoms with Crippen LogP contribution in [0.25, 0.3) is 76.7 Å². The van der Waals surface area contributed by atoms with E-state index in [-0.39, 0.29) is 0 Å². The summed E-state index contributed by atoms with van der Waals surface area (Å²) in [6.07, 6.45) is 0. The molecule has 0 amide bonds. The molecule has 1 heterocycles. The molecule has 0 aliphatic heterocycles. The topological polar surface area (TPSA) is 38.7 Å². The highest BCUT2D eigenvalue weighted by Gasteiger charge is 2.18. The average molecular weight is 538 g/mol. The fourth-order valence-electron chi connectivity index (χ4n) is 6.37. The number of nitrogens with zero attached hydrogens (tertiary/aromatic N) is 3. The SMILES string of the molecule is Cc1nc(C)nc(-c2ccc3c(-c4ccc5ccccc5c4)c4ccccc4c(-c4ccc5ccccc5c4)c3c2)n1. The quantitative estimate of drug-likeness (QED) is 0.210. The maximum atomic E-state index is 4.71. The van der Waals surface area contributed by atoms with Gasteiger partial charge in [0.2, 0.25) is 0 Å². The molecule has 0 saturated carbocycles. The highest BCUT2D eigenvalue weighted by Crippen LogP contribution is 2.45. The highest BCUT2D eigenvalue weighted by molar-refractivity contribution is 6.22. The van der Waals surface area contributed by atoms with Crippen molar-refractivity contribution in [3.63, 3.8) is 0 Å². The second-order valence-corrected chi connectivity index (χ2v) is 10.9. The van der Waals surface area contributed by atoms with Crippen LogP contribution in [0.1, 0.15) is 11.6 Å². The first kappa shape index (κ1) is 24.4. The fraction of sp³-hybridized carbons (Fsp3) is 0.0513. The first-order valence-electron chi connectivity index (χ1n) is 14.3. The zero-order valence-corrected chi connectivity index (χ0v) is 23.5. The summed E-state index contributed by atoms with van der Waals surface area (Å²) in [6, 6.07) is 46.2. The number of hydrogen-bond donors (Lipinski definition) is 0. The van der Waals surface area contributed by atoms with Crippen LogP contribution in [0, 0.1) is 13.8 Å². The molecule has 1 aromatic heterocycles. The third-order valence-electron chi connectivity index (χ3n) is 8.22. The van der Waals surface area contributed by atoms with Crippen molar-refractivity contribution in [1.29, 1.82) is 0 Å². The molecule has 0 atom stereocenters. The zero-order chi connectivity index (χ0) is 28.2. The van der Waals surface area contributed by atoms with E-state index < -0.39 is 0 Å². The first-order chi connectivity index (χ1) is 20.6. The molecule has 3 nitrogen and oxygen atoms in total. The Bertz CT molecular complexity index is 2310. The van der Waals surface area contributed by atoms with Crippen molar-refractivity contribution in [1.82, 2.24) is 15.0 Å². The van der Waals surface area contributed by atoms with Crippen molar-refractivity contribution in [3.05, 3.63) is 139 Å². The van der Waals surface area contributed by atoms with Crippen LogP contribution in [0.4, 0.5) is 0 Å². The van der Waals surface area contributed by atoms with Gasteiger partial charge in [0.15, 0.2) is 5.82 Å². The number of aryl methyl sites for hydroxylation is 2. The van der Waals surface area contributed by atoms with E-state index in [1.807, 2.05) is 13.8 Å². The summed E-state index contributed by atoms with van der Waals surface area (Å²) in [4.78, 5) is 13.8. The van der Waals surface area contributed by atoms with Crippen molar-refractivity contribution in [2.45, 2.75) is 13.8 Å². The Morgan fingerprint density at radius 1 is 0.357 bits per heavy atom. The van der Waals surface area contributed by atoms with E-state index in [0.717, 1.165) is 17.2 Å². The third kappa shape index (κ3) is 4.02. The Morgan fingerprint density at radius 2 is 0.810 bits per heavy atom. The van der Waals surface area contributed by atoms with E-state index in [4.69, 9.17) is 9.97 Å². The van der Waals surface area contributed by atoms with E-state index in [1.165, 1.54) is 65.3 Å². The maximum Gasteiger partial charge on any atom is 0.163 e. The van der Waals surface area contributed by atoms with Crippen molar-refractivity contribution in [2.75, 3.05) is 0 Å². The molecule has 7 aromatic carbocycles. The Morgan fingerprint density at radius 3 is 1.38 bits per heavy atom. The van der Waals surface area contributed by atoms with Gasteiger partial charge in [-0.25, -0.2) is 15.0 Å². The van der Waals surface area contributed by atoms with Gasteiger partial charge in [0.1, 0.15) is 11.6 Å². The fourth-order valence-corrected chi connectivity index (χ4v) is 6.37. The molecule has 8 rings (SSSR count). The molecular weight excluding hydrogens is 510 g/mol. The minimum atomic E-state index is 0.701. The second-order valence-electron chi connectivity index (χ2n) is 10.9. The molecule has 0 bridgehead atoms. The molecule has 0 unspecified atom stereocenters. The van der Waals surface area contributed by atoms with Crippen LogP contribution in [0.3, 0.4) is 0 Å². The average Bonchev–Trinajstić information content (AvgIpc) is 3.02. The second kappa shape index (κ2) is 9.60. The smallest absolute Gasteiger partial charge is 0.163 e. The summed E-state index contributed by atoms with van der Waals surface area (Å²) >= 11 is 0. The normalized spacial score (nSPS) is 11.6. The molecule has 0 radical (unpaired) electrons. The van der Waals surface area contributed by atoms with Gasteiger partial charge in [0, 0.05) is 5.56 Å². The first-order valence-corrected chi connectivity index (χ1v) is 14.3. The predicted molar refractivity (Wildman–Crippen MR) is 176 cm³/mol. The lowest BCUT2D eigenvalue weighted by molar-refractivity contribution is 0.929. The van der Waals surface area contributed by atoms with Crippen LogP contribution < -0.4 is 0 Å². The van der Waals surface area contributed by atoms with Gasteiger partial charge < -0.3 is 0 Å². The van der Waals surface area contributed by atoms with E-state index in [9.17, 15) is 0 Å². The standard InChI is InChI=1S/C39H27N3/c1-24-40-25(2)42-39(41-24)32-19-20-35-36(23-32)38(31-18-16-27-10-4-6-12-29(27)22-31)34-14-8-7-13-33(34)37(35)30-17-15-26-9-3-5-11-28(26)21-30/h3-23H,1-2H3. The van der Waals surface area contributed by atoms with E-state index >= 15 is 0 Å². The van der Waals surface area contributed by atoms with Crippen LogP contribution in [0.5, 0.6) is 0 Å². The predicted octanol–water partition coefficient (Wildman–Crippen LogP) is 10.1. The summed E-state index contributed by atoms with van der Waals surface area (Å²) < 4.78 is 0. The molecule has 0 saturated heterocycles. The molecule has 198 valence electrons. The lowest BCUT2D eigenvalue weighted by atomic mass is 9.84. The number of fused-ring (bicyclic) bond motifs is 4. The van der Waals surface area contributed by atoms with Gasteiger partial charge in [-0.3, -0.25) is 0 Å². The van der Waals surface area contributed by atoms with Crippen LogP contribution in [-0.2, 0) is 0 Å². The van der Waals surface area contributed by atoms with Gasteiger partial charge in [0.25, 0.3) is 0 Å². The van der Waals surface area contributed by atoms with Crippen LogP contribution >= 0.6 is 0 Å². The van der Waals surface area contributed by atoms with Gasteiger partial charge in [-0.15, -0.1) is 0 Å². The van der Waals surface area contributed by atoms with Gasteiger partial charge >= 0.3 is 0 Å². The van der Waals surface area contributed by atoms with Crippen LogP contribution in [0.2, 0.25) is 0 Å². The monoisotopic (exact) mass is 537 g/mol. The van der Waals surface area contributed by atoms with Crippen molar-refractivity contribution < 1.29 is 0 Å². The van der Waals surface area contributed by atoms with Gasteiger partial charge in [0.05, 0.1) is 0 Å². The zero-order valence-electron chi connectivity index (χ0n) is 23.5. The number of aromatic nitrogens is 3. The molecule has 0 aliphatic rings.